The summed E-state index contributed by atoms with van der Waals surface area (Å²) in [5.41, 5.74) is -1.13. The first-order valence-electron chi connectivity index (χ1n) is 12.9. The van der Waals surface area contributed by atoms with E-state index in [1.807, 2.05) is 6.92 Å². The maximum Gasteiger partial charge on any atom is 0.212 e. The van der Waals surface area contributed by atoms with Crippen LogP contribution in [-0.2, 0) is 23.6 Å². The summed E-state index contributed by atoms with van der Waals surface area (Å²) >= 11 is 0. The zero-order chi connectivity index (χ0) is 25.7. The number of hydrogen-bond acceptors (Lipinski definition) is 7. The van der Waals surface area contributed by atoms with Crippen molar-refractivity contribution in [2.24, 2.45) is 35.0 Å². The molecule has 0 radical (unpaired) electrons. The smallest absolute Gasteiger partial charge is 0.212 e. The second kappa shape index (κ2) is 12.6. The SMILES string of the molecule is COC1CCCC(CO)C1C(=O)P(=O)(CC(C)CC(C)(C)C)C(=O)C1C(CO)CCCC1OC. The lowest BCUT2D eigenvalue weighted by Gasteiger charge is -2.40. The lowest BCUT2D eigenvalue weighted by atomic mass is 9.78. The van der Waals surface area contributed by atoms with E-state index >= 15 is 0 Å². The predicted molar refractivity (Wildman–Crippen MR) is 133 cm³/mol. The maximum absolute atomic E-state index is 14.8. The van der Waals surface area contributed by atoms with Gasteiger partial charge in [0.2, 0.25) is 18.2 Å². The van der Waals surface area contributed by atoms with Gasteiger partial charge in [-0.05, 0) is 55.3 Å². The minimum absolute atomic E-state index is 0.0120. The molecule has 7 unspecified atom stereocenters. The predicted octanol–water partition coefficient (Wildman–Crippen LogP) is 4.32. The van der Waals surface area contributed by atoms with Crippen molar-refractivity contribution in [3.63, 3.8) is 0 Å². The first-order chi connectivity index (χ1) is 15.9. The summed E-state index contributed by atoms with van der Waals surface area (Å²) in [5, 5.41) is 20.1. The quantitative estimate of drug-likeness (QED) is 0.405. The molecule has 8 heteroatoms. The Balaban J connectivity index is 2.53. The second-order valence-electron chi connectivity index (χ2n) is 11.8. The Morgan fingerprint density at radius 1 is 0.882 bits per heavy atom. The normalized spacial score (nSPS) is 33.2. The van der Waals surface area contributed by atoms with E-state index < -0.39 is 42.2 Å². The van der Waals surface area contributed by atoms with E-state index in [2.05, 4.69) is 20.8 Å². The molecular weight excluding hydrogens is 455 g/mol. The Hall–Kier alpha value is -0.590. The Morgan fingerprint density at radius 3 is 1.62 bits per heavy atom. The molecule has 0 saturated heterocycles. The molecule has 0 aliphatic heterocycles. The fourth-order valence-electron chi connectivity index (χ4n) is 6.47. The Kier molecular flexibility index (Phi) is 11.0. The average Bonchev–Trinajstić information content (AvgIpc) is 2.80. The third-order valence-corrected chi connectivity index (χ3v) is 11.0. The van der Waals surface area contributed by atoms with Gasteiger partial charge in [0.25, 0.3) is 0 Å². The van der Waals surface area contributed by atoms with Gasteiger partial charge in [-0.15, -0.1) is 0 Å². The molecule has 0 aromatic heterocycles. The number of carbonyl (C=O) groups is 2. The molecule has 198 valence electrons. The first kappa shape index (κ1) is 29.6. The zero-order valence-corrected chi connectivity index (χ0v) is 22.9. The van der Waals surface area contributed by atoms with Crippen LogP contribution in [0.5, 0.6) is 0 Å². The molecule has 0 bridgehead atoms. The lowest BCUT2D eigenvalue weighted by molar-refractivity contribution is -0.129. The van der Waals surface area contributed by atoms with Gasteiger partial charge in [-0.1, -0.05) is 40.5 Å². The van der Waals surface area contributed by atoms with Crippen LogP contribution in [0.3, 0.4) is 0 Å². The summed E-state index contributed by atoms with van der Waals surface area (Å²) in [7, 11) is -0.980. The van der Waals surface area contributed by atoms with Gasteiger partial charge in [0, 0.05) is 33.6 Å². The van der Waals surface area contributed by atoms with Crippen LogP contribution in [0.1, 0.15) is 72.6 Å². The summed E-state index contributed by atoms with van der Waals surface area (Å²) in [6, 6.07) is 0. The van der Waals surface area contributed by atoms with E-state index in [4.69, 9.17) is 9.47 Å². The topological polar surface area (TPSA) is 110 Å². The first-order valence-corrected chi connectivity index (χ1v) is 14.8. The maximum atomic E-state index is 14.8. The van der Waals surface area contributed by atoms with E-state index in [0.717, 1.165) is 19.3 Å². The van der Waals surface area contributed by atoms with Crippen LogP contribution in [0.4, 0.5) is 0 Å². The number of hydrogen-bond donors (Lipinski definition) is 2. The van der Waals surface area contributed by atoms with Crippen LogP contribution < -0.4 is 0 Å². The van der Waals surface area contributed by atoms with Crippen LogP contribution in [0.2, 0.25) is 0 Å². The minimum Gasteiger partial charge on any atom is -0.396 e. The van der Waals surface area contributed by atoms with Crippen LogP contribution >= 0.6 is 7.14 Å². The van der Waals surface area contributed by atoms with Gasteiger partial charge in [0.05, 0.1) is 24.0 Å². The molecule has 0 amide bonds. The van der Waals surface area contributed by atoms with E-state index in [-0.39, 0.29) is 42.5 Å². The number of aliphatic hydroxyl groups is 2. The number of rotatable bonds is 11. The number of carbonyl (C=O) groups excluding carboxylic acids is 2. The number of aliphatic hydroxyl groups excluding tert-OH is 2. The molecule has 7 atom stereocenters. The number of methoxy groups -OCH3 is 2. The van der Waals surface area contributed by atoms with Crippen molar-refractivity contribution in [2.45, 2.75) is 84.8 Å². The highest BCUT2D eigenvalue weighted by molar-refractivity contribution is 7.94. The minimum atomic E-state index is -4.04. The van der Waals surface area contributed by atoms with Crippen LogP contribution in [0.15, 0.2) is 0 Å². The molecule has 2 aliphatic carbocycles. The molecule has 2 fully saturated rings. The van der Waals surface area contributed by atoms with Gasteiger partial charge >= 0.3 is 0 Å². The van der Waals surface area contributed by atoms with Crippen molar-refractivity contribution in [3.05, 3.63) is 0 Å². The highest BCUT2D eigenvalue weighted by Gasteiger charge is 2.54. The van der Waals surface area contributed by atoms with E-state index in [0.29, 0.717) is 25.7 Å². The Morgan fingerprint density at radius 2 is 1.29 bits per heavy atom. The highest BCUT2D eigenvalue weighted by Crippen LogP contribution is 2.58. The fourth-order valence-corrected chi connectivity index (χ4v) is 9.77. The van der Waals surface area contributed by atoms with Gasteiger partial charge in [-0.3, -0.25) is 9.59 Å². The van der Waals surface area contributed by atoms with Crippen molar-refractivity contribution in [3.8, 4) is 0 Å². The highest BCUT2D eigenvalue weighted by atomic mass is 31.2. The molecule has 2 aliphatic rings. The van der Waals surface area contributed by atoms with Gasteiger partial charge in [0.15, 0.2) is 0 Å². The van der Waals surface area contributed by atoms with Gasteiger partial charge < -0.3 is 24.3 Å². The monoisotopic (exact) mass is 502 g/mol. The number of ether oxygens (including phenoxy) is 2. The van der Waals surface area contributed by atoms with E-state index in [9.17, 15) is 24.4 Å². The zero-order valence-electron chi connectivity index (χ0n) is 22.0. The fraction of sp³-hybridized carbons (Fsp3) is 0.923. The van der Waals surface area contributed by atoms with Crippen molar-refractivity contribution in [2.75, 3.05) is 33.6 Å². The summed E-state index contributed by atoms with van der Waals surface area (Å²) in [6.07, 6.45) is 3.99. The molecular formula is C26H47O7P. The van der Waals surface area contributed by atoms with Gasteiger partial charge in [-0.2, -0.15) is 0 Å². The largest absolute Gasteiger partial charge is 0.396 e. The van der Waals surface area contributed by atoms with E-state index in [1.54, 1.807) is 0 Å². The third kappa shape index (κ3) is 6.79. The average molecular weight is 503 g/mol. The summed E-state index contributed by atoms with van der Waals surface area (Å²) in [6.45, 7) is 7.81. The Labute approximate surface area is 205 Å². The van der Waals surface area contributed by atoms with E-state index in [1.165, 1.54) is 14.2 Å². The van der Waals surface area contributed by atoms with Gasteiger partial charge in [-0.25, -0.2) is 0 Å². The molecule has 0 heterocycles. The lowest BCUT2D eigenvalue weighted by Crippen LogP contribution is -2.45. The van der Waals surface area contributed by atoms with Crippen molar-refractivity contribution < 1.29 is 33.8 Å². The van der Waals surface area contributed by atoms with Crippen molar-refractivity contribution >= 4 is 18.2 Å². The van der Waals surface area contributed by atoms with Gasteiger partial charge in [0.1, 0.15) is 0 Å². The summed E-state index contributed by atoms with van der Waals surface area (Å²) < 4.78 is 26.0. The molecule has 0 spiro atoms. The summed E-state index contributed by atoms with van der Waals surface area (Å²) in [5.74, 6) is -2.38. The van der Waals surface area contributed by atoms with Crippen molar-refractivity contribution in [1.82, 2.24) is 0 Å². The van der Waals surface area contributed by atoms with Crippen molar-refractivity contribution in [1.29, 1.82) is 0 Å². The third-order valence-electron chi connectivity index (χ3n) is 7.83. The molecule has 7 nitrogen and oxygen atoms in total. The molecule has 2 saturated carbocycles. The molecule has 34 heavy (non-hydrogen) atoms. The Bertz CT molecular complexity index is 661. The molecule has 0 aromatic carbocycles. The second-order valence-corrected chi connectivity index (χ2v) is 14.5. The van der Waals surface area contributed by atoms with Crippen LogP contribution in [-0.4, -0.2) is 67.1 Å². The molecule has 2 N–H and O–H groups in total. The van der Waals surface area contributed by atoms with Crippen LogP contribution in [0.25, 0.3) is 0 Å². The summed E-state index contributed by atoms with van der Waals surface area (Å²) in [4.78, 5) is 28.3. The molecule has 0 aromatic rings. The molecule has 2 rings (SSSR count). The van der Waals surface area contributed by atoms with Crippen LogP contribution in [0, 0.1) is 35.0 Å². The standard InChI is InChI=1S/C26H47O7P/c1-17(13-26(2,3)4)16-34(31,24(29)22-18(14-27)9-7-11-20(22)32-5)25(30)23-19(15-28)10-8-12-21(23)33-6/h17-23,27-28H,7-16H2,1-6H3.